The first kappa shape index (κ1) is 22.6. The predicted octanol–water partition coefficient (Wildman–Crippen LogP) is 4.06. The molecule has 0 aliphatic carbocycles. The number of rotatable bonds is 7. The summed E-state index contributed by atoms with van der Waals surface area (Å²) in [6.07, 6.45) is 0. The molecular weight excluding hydrogens is 406 g/mol. The van der Waals surface area contributed by atoms with E-state index in [1.807, 2.05) is 55.5 Å². The van der Waals surface area contributed by atoms with E-state index in [4.69, 9.17) is 9.47 Å². The van der Waals surface area contributed by atoms with E-state index < -0.39 is 11.8 Å². The van der Waals surface area contributed by atoms with E-state index in [1.165, 1.54) is 5.56 Å². The Labute approximate surface area is 187 Å². The SMILES string of the molecule is COc1ccc(NC(=O)C(=O)N/N=C(\C)c2ccc(OCc3ccccc3C)cc2)cc1. The number of hydrazone groups is 1. The molecule has 2 N–H and O–H groups in total. The molecule has 0 aliphatic rings. The summed E-state index contributed by atoms with van der Waals surface area (Å²) in [6.45, 7) is 4.27. The molecule has 7 heteroatoms. The smallest absolute Gasteiger partial charge is 0.329 e. The van der Waals surface area contributed by atoms with Gasteiger partial charge in [-0.2, -0.15) is 5.10 Å². The quantitative estimate of drug-likeness (QED) is 0.335. The molecule has 0 spiro atoms. The highest BCUT2D eigenvalue weighted by atomic mass is 16.5. The molecule has 0 unspecified atom stereocenters. The number of carbonyl (C=O) groups is 2. The Morgan fingerprint density at radius 1 is 0.875 bits per heavy atom. The number of carbonyl (C=O) groups excluding carboxylic acids is 2. The molecule has 0 radical (unpaired) electrons. The van der Waals surface area contributed by atoms with Crippen molar-refractivity contribution in [1.82, 2.24) is 5.43 Å². The van der Waals surface area contributed by atoms with Gasteiger partial charge in [-0.3, -0.25) is 9.59 Å². The number of aryl methyl sites for hydroxylation is 1. The van der Waals surface area contributed by atoms with Crippen molar-refractivity contribution in [2.45, 2.75) is 20.5 Å². The van der Waals surface area contributed by atoms with Crippen molar-refractivity contribution in [3.8, 4) is 11.5 Å². The van der Waals surface area contributed by atoms with Crippen LogP contribution in [0.2, 0.25) is 0 Å². The molecule has 0 fully saturated rings. The first-order chi connectivity index (χ1) is 15.5. The third-order valence-corrected chi connectivity index (χ3v) is 4.81. The number of anilines is 1. The fourth-order valence-electron chi connectivity index (χ4n) is 2.84. The van der Waals surface area contributed by atoms with E-state index in [2.05, 4.69) is 15.8 Å². The number of nitrogens with zero attached hydrogens (tertiary/aromatic N) is 1. The lowest BCUT2D eigenvalue weighted by atomic mass is 10.1. The van der Waals surface area contributed by atoms with Gasteiger partial charge in [0.1, 0.15) is 18.1 Å². The van der Waals surface area contributed by atoms with Gasteiger partial charge in [-0.1, -0.05) is 24.3 Å². The van der Waals surface area contributed by atoms with Gasteiger partial charge in [0.15, 0.2) is 0 Å². The van der Waals surface area contributed by atoms with Crippen LogP contribution in [-0.2, 0) is 16.2 Å². The van der Waals surface area contributed by atoms with E-state index >= 15 is 0 Å². The summed E-state index contributed by atoms with van der Waals surface area (Å²) < 4.78 is 10.9. The van der Waals surface area contributed by atoms with Crippen molar-refractivity contribution in [1.29, 1.82) is 0 Å². The highest BCUT2D eigenvalue weighted by Crippen LogP contribution is 2.17. The molecular formula is C25H25N3O4. The van der Waals surface area contributed by atoms with E-state index in [-0.39, 0.29) is 0 Å². The third kappa shape index (κ3) is 6.18. The van der Waals surface area contributed by atoms with Gasteiger partial charge >= 0.3 is 11.8 Å². The molecule has 0 atom stereocenters. The van der Waals surface area contributed by atoms with Crippen molar-refractivity contribution in [2.75, 3.05) is 12.4 Å². The van der Waals surface area contributed by atoms with Crippen molar-refractivity contribution in [3.05, 3.63) is 89.5 Å². The predicted molar refractivity (Wildman–Crippen MR) is 124 cm³/mol. The summed E-state index contributed by atoms with van der Waals surface area (Å²) in [6, 6.07) is 22.1. The molecule has 3 rings (SSSR count). The lowest BCUT2D eigenvalue weighted by Gasteiger charge is -2.09. The fourth-order valence-corrected chi connectivity index (χ4v) is 2.84. The second-order valence-electron chi connectivity index (χ2n) is 7.06. The van der Waals surface area contributed by atoms with Crippen LogP contribution < -0.4 is 20.2 Å². The zero-order chi connectivity index (χ0) is 22.9. The van der Waals surface area contributed by atoms with Crippen LogP contribution in [0.15, 0.2) is 77.9 Å². The number of nitrogens with one attached hydrogen (secondary N) is 2. The molecule has 3 aromatic rings. The lowest BCUT2D eigenvalue weighted by Crippen LogP contribution is -2.32. The highest BCUT2D eigenvalue weighted by molar-refractivity contribution is 6.39. The number of ether oxygens (including phenoxy) is 2. The number of benzene rings is 3. The minimum absolute atomic E-state index is 0.480. The van der Waals surface area contributed by atoms with Crippen LogP contribution in [-0.4, -0.2) is 24.6 Å². The molecule has 7 nitrogen and oxygen atoms in total. The summed E-state index contributed by atoms with van der Waals surface area (Å²) >= 11 is 0. The summed E-state index contributed by atoms with van der Waals surface area (Å²) in [4.78, 5) is 24.1. The molecule has 32 heavy (non-hydrogen) atoms. The van der Waals surface area contributed by atoms with E-state index in [0.29, 0.717) is 23.8 Å². The Kier molecular flexibility index (Phi) is 7.59. The molecule has 0 bridgehead atoms. The van der Waals surface area contributed by atoms with Crippen molar-refractivity contribution >= 4 is 23.2 Å². The van der Waals surface area contributed by atoms with E-state index in [0.717, 1.165) is 16.9 Å². The van der Waals surface area contributed by atoms with E-state index in [1.54, 1.807) is 38.3 Å². The molecule has 0 saturated carbocycles. The average molecular weight is 431 g/mol. The molecule has 2 amide bonds. The van der Waals surface area contributed by atoms with Gasteiger partial charge in [0.25, 0.3) is 0 Å². The Balaban J connectivity index is 1.52. The second-order valence-corrected chi connectivity index (χ2v) is 7.06. The summed E-state index contributed by atoms with van der Waals surface area (Å²) in [7, 11) is 1.55. The summed E-state index contributed by atoms with van der Waals surface area (Å²) in [5.74, 6) is -0.294. The molecule has 0 heterocycles. The van der Waals surface area contributed by atoms with E-state index in [9.17, 15) is 9.59 Å². The standard InChI is InChI=1S/C25H25N3O4/c1-17-6-4-5-7-20(17)16-32-23-12-8-19(9-13-23)18(2)27-28-25(30)24(29)26-21-10-14-22(31-3)15-11-21/h4-15H,16H2,1-3H3,(H,26,29)(H,28,30)/b27-18+. The van der Waals surface area contributed by atoms with Crippen molar-refractivity contribution in [3.63, 3.8) is 0 Å². The van der Waals surface area contributed by atoms with Gasteiger partial charge < -0.3 is 14.8 Å². The first-order valence-corrected chi connectivity index (χ1v) is 10.0. The zero-order valence-corrected chi connectivity index (χ0v) is 18.2. The number of hydrogen-bond donors (Lipinski definition) is 2. The van der Waals surface area contributed by atoms with Crippen LogP contribution in [0.1, 0.15) is 23.6 Å². The number of amides is 2. The van der Waals surface area contributed by atoms with Crippen LogP contribution in [0.4, 0.5) is 5.69 Å². The third-order valence-electron chi connectivity index (χ3n) is 4.81. The van der Waals surface area contributed by atoms with Crippen LogP contribution in [0.5, 0.6) is 11.5 Å². The zero-order valence-electron chi connectivity index (χ0n) is 18.2. The number of methoxy groups -OCH3 is 1. The highest BCUT2D eigenvalue weighted by Gasteiger charge is 2.13. The van der Waals surface area contributed by atoms with Gasteiger partial charge in [-0.25, -0.2) is 5.43 Å². The van der Waals surface area contributed by atoms with Crippen LogP contribution in [0.25, 0.3) is 0 Å². The largest absolute Gasteiger partial charge is 0.497 e. The topological polar surface area (TPSA) is 89.0 Å². The van der Waals surface area contributed by atoms with Gasteiger partial charge in [-0.15, -0.1) is 0 Å². The van der Waals surface area contributed by atoms with Gasteiger partial charge in [0.05, 0.1) is 12.8 Å². The lowest BCUT2D eigenvalue weighted by molar-refractivity contribution is -0.136. The van der Waals surface area contributed by atoms with Crippen LogP contribution in [0.3, 0.4) is 0 Å². The van der Waals surface area contributed by atoms with Crippen LogP contribution in [0, 0.1) is 6.92 Å². The van der Waals surface area contributed by atoms with Crippen molar-refractivity contribution < 1.29 is 19.1 Å². The Bertz CT molecular complexity index is 1110. The Morgan fingerprint density at radius 2 is 1.53 bits per heavy atom. The molecule has 0 aliphatic heterocycles. The van der Waals surface area contributed by atoms with Crippen LogP contribution >= 0.6 is 0 Å². The average Bonchev–Trinajstić information content (AvgIpc) is 2.82. The van der Waals surface area contributed by atoms with Gasteiger partial charge in [0.2, 0.25) is 0 Å². The molecule has 3 aromatic carbocycles. The normalized spacial score (nSPS) is 10.9. The maximum atomic E-state index is 12.0. The Morgan fingerprint density at radius 3 is 2.19 bits per heavy atom. The molecule has 164 valence electrons. The Hall–Kier alpha value is -4.13. The second kappa shape index (κ2) is 10.8. The summed E-state index contributed by atoms with van der Waals surface area (Å²) in [5.41, 5.74) is 6.41. The first-order valence-electron chi connectivity index (χ1n) is 10.0. The number of hydrogen-bond acceptors (Lipinski definition) is 5. The maximum Gasteiger partial charge on any atom is 0.329 e. The maximum absolute atomic E-state index is 12.0. The fraction of sp³-hybridized carbons (Fsp3) is 0.160. The summed E-state index contributed by atoms with van der Waals surface area (Å²) in [5, 5.41) is 6.52. The van der Waals surface area contributed by atoms with Gasteiger partial charge in [-0.05, 0) is 79.1 Å². The van der Waals surface area contributed by atoms with Gasteiger partial charge in [0, 0.05) is 5.69 Å². The van der Waals surface area contributed by atoms with Crippen molar-refractivity contribution in [2.24, 2.45) is 5.10 Å². The molecule has 0 aromatic heterocycles. The molecule has 0 saturated heterocycles. The minimum Gasteiger partial charge on any atom is -0.497 e. The monoisotopic (exact) mass is 431 g/mol. The minimum atomic E-state index is -0.863.